The highest BCUT2D eigenvalue weighted by Gasteiger charge is 1.98. The number of rotatable bonds is 2. The highest BCUT2D eigenvalue weighted by molar-refractivity contribution is 14.1. The molecule has 2 N–H and O–H groups in total. The molecule has 2 rings (SSSR count). The molecule has 0 saturated heterocycles. The lowest BCUT2D eigenvalue weighted by molar-refractivity contribution is 1.09. The summed E-state index contributed by atoms with van der Waals surface area (Å²) in [5.41, 5.74) is 2.08. The summed E-state index contributed by atoms with van der Waals surface area (Å²) in [7, 11) is 0. The first-order valence-electron chi connectivity index (χ1n) is 3.86. The van der Waals surface area contributed by atoms with E-state index in [1.807, 2.05) is 24.4 Å². The minimum Gasteiger partial charge on any atom is -0.352 e. The summed E-state index contributed by atoms with van der Waals surface area (Å²) in [6.45, 7) is 0. The third kappa shape index (κ3) is 2.00. The van der Waals surface area contributed by atoms with E-state index < -0.39 is 0 Å². The van der Waals surface area contributed by atoms with Crippen LogP contribution in [-0.4, -0.2) is 10.2 Å². The van der Waals surface area contributed by atoms with Gasteiger partial charge in [-0.1, -0.05) is 12.1 Å². The van der Waals surface area contributed by atoms with E-state index in [0.29, 0.717) is 0 Å². The minimum atomic E-state index is 0.976. The van der Waals surface area contributed by atoms with Crippen LogP contribution < -0.4 is 5.32 Å². The minimum absolute atomic E-state index is 0.976. The van der Waals surface area contributed by atoms with Crippen LogP contribution in [0.25, 0.3) is 0 Å². The zero-order chi connectivity index (χ0) is 9.10. The van der Waals surface area contributed by atoms with Crippen LogP contribution in [0.15, 0.2) is 36.7 Å². The molecule has 0 saturated carbocycles. The van der Waals surface area contributed by atoms with Gasteiger partial charge in [0.25, 0.3) is 0 Å². The average Bonchev–Trinajstić information content (AvgIpc) is 2.61. The van der Waals surface area contributed by atoms with E-state index >= 15 is 0 Å². The number of halogens is 1. The Kier molecular flexibility index (Phi) is 2.49. The van der Waals surface area contributed by atoms with Crippen molar-refractivity contribution in [1.82, 2.24) is 10.2 Å². The fourth-order valence-electron chi connectivity index (χ4n) is 1.04. The van der Waals surface area contributed by atoms with Crippen molar-refractivity contribution in [2.75, 3.05) is 5.32 Å². The van der Waals surface area contributed by atoms with Gasteiger partial charge in [-0.15, -0.1) is 0 Å². The van der Waals surface area contributed by atoms with Crippen LogP contribution in [0.2, 0.25) is 0 Å². The van der Waals surface area contributed by atoms with Gasteiger partial charge in [0.05, 0.1) is 17.6 Å². The van der Waals surface area contributed by atoms with Crippen molar-refractivity contribution in [3.8, 4) is 0 Å². The Morgan fingerprint density at radius 2 is 2.15 bits per heavy atom. The van der Waals surface area contributed by atoms with E-state index in [-0.39, 0.29) is 0 Å². The second-order valence-electron chi connectivity index (χ2n) is 2.59. The number of anilines is 2. The van der Waals surface area contributed by atoms with Gasteiger partial charge in [0.15, 0.2) is 0 Å². The largest absolute Gasteiger partial charge is 0.352 e. The van der Waals surface area contributed by atoms with Gasteiger partial charge >= 0.3 is 0 Å². The summed E-state index contributed by atoms with van der Waals surface area (Å²) >= 11 is 2.29. The molecule has 3 nitrogen and oxygen atoms in total. The molecular formula is C9H8IN3. The maximum Gasteiger partial charge on any atom is 0.0768 e. The predicted molar refractivity (Wildman–Crippen MR) is 61.0 cm³/mol. The molecule has 4 heteroatoms. The monoisotopic (exact) mass is 285 g/mol. The van der Waals surface area contributed by atoms with Crippen LogP contribution in [0.3, 0.4) is 0 Å². The number of para-hydroxylation sites is 1. The quantitative estimate of drug-likeness (QED) is 0.833. The van der Waals surface area contributed by atoms with E-state index in [1.54, 1.807) is 6.20 Å². The molecule has 0 spiro atoms. The molecule has 1 aromatic carbocycles. The summed E-state index contributed by atoms with van der Waals surface area (Å²) in [5.74, 6) is 0. The molecule has 0 unspecified atom stereocenters. The lowest BCUT2D eigenvalue weighted by Gasteiger charge is -2.04. The van der Waals surface area contributed by atoms with Gasteiger partial charge in [-0.2, -0.15) is 5.10 Å². The van der Waals surface area contributed by atoms with Gasteiger partial charge in [-0.05, 0) is 34.7 Å². The molecule has 1 aromatic heterocycles. The second-order valence-corrected chi connectivity index (χ2v) is 3.75. The van der Waals surface area contributed by atoms with Gasteiger partial charge in [0, 0.05) is 9.77 Å². The van der Waals surface area contributed by atoms with Gasteiger partial charge in [-0.25, -0.2) is 0 Å². The first-order valence-corrected chi connectivity index (χ1v) is 4.94. The Hall–Kier alpha value is -1.04. The van der Waals surface area contributed by atoms with E-state index in [9.17, 15) is 0 Å². The fourth-order valence-corrected chi connectivity index (χ4v) is 1.56. The smallest absolute Gasteiger partial charge is 0.0768 e. The van der Waals surface area contributed by atoms with Crippen molar-refractivity contribution in [2.45, 2.75) is 0 Å². The molecular weight excluding hydrogens is 277 g/mol. The van der Waals surface area contributed by atoms with Gasteiger partial charge < -0.3 is 5.32 Å². The molecule has 0 radical (unpaired) electrons. The number of aromatic amines is 1. The Morgan fingerprint density at radius 3 is 2.85 bits per heavy atom. The topological polar surface area (TPSA) is 40.7 Å². The average molecular weight is 285 g/mol. The van der Waals surface area contributed by atoms with Crippen molar-refractivity contribution < 1.29 is 0 Å². The van der Waals surface area contributed by atoms with E-state index in [4.69, 9.17) is 0 Å². The molecule has 0 aliphatic carbocycles. The molecule has 0 bridgehead atoms. The highest BCUT2D eigenvalue weighted by Crippen LogP contribution is 2.20. The lowest BCUT2D eigenvalue weighted by Crippen LogP contribution is -1.90. The van der Waals surface area contributed by atoms with Gasteiger partial charge in [0.2, 0.25) is 0 Å². The van der Waals surface area contributed by atoms with Crippen LogP contribution in [0.5, 0.6) is 0 Å². The molecule has 0 fully saturated rings. The summed E-state index contributed by atoms with van der Waals surface area (Å²) in [6, 6.07) is 8.12. The number of hydrogen-bond donors (Lipinski definition) is 2. The summed E-state index contributed by atoms with van der Waals surface area (Å²) < 4.78 is 1.20. The summed E-state index contributed by atoms with van der Waals surface area (Å²) in [5, 5.41) is 9.86. The zero-order valence-corrected chi connectivity index (χ0v) is 8.95. The SMILES string of the molecule is Ic1ccccc1Nc1cn[nH]c1. The van der Waals surface area contributed by atoms with Crippen molar-refractivity contribution in [3.63, 3.8) is 0 Å². The van der Waals surface area contributed by atoms with Crippen LogP contribution in [-0.2, 0) is 0 Å². The van der Waals surface area contributed by atoms with Gasteiger partial charge in [-0.3, -0.25) is 5.10 Å². The molecule has 2 aromatic rings. The van der Waals surface area contributed by atoms with Gasteiger partial charge in [0.1, 0.15) is 0 Å². The van der Waals surface area contributed by atoms with Crippen molar-refractivity contribution in [3.05, 3.63) is 40.2 Å². The number of H-pyrrole nitrogens is 1. The summed E-state index contributed by atoms with van der Waals surface area (Å²) in [4.78, 5) is 0. The molecule has 1 heterocycles. The van der Waals surface area contributed by atoms with Crippen LogP contribution in [0.4, 0.5) is 11.4 Å². The number of benzene rings is 1. The lowest BCUT2D eigenvalue weighted by atomic mass is 10.3. The Balaban J connectivity index is 2.24. The normalized spacial score (nSPS) is 9.92. The molecule has 0 aliphatic heterocycles. The third-order valence-corrected chi connectivity index (χ3v) is 2.59. The first-order chi connectivity index (χ1) is 6.36. The van der Waals surface area contributed by atoms with Crippen molar-refractivity contribution in [1.29, 1.82) is 0 Å². The van der Waals surface area contributed by atoms with Crippen LogP contribution >= 0.6 is 22.6 Å². The Labute approximate surface area is 89.7 Å². The Bertz CT molecular complexity index is 384. The molecule has 0 amide bonds. The second kappa shape index (κ2) is 3.78. The first kappa shape index (κ1) is 8.55. The van der Waals surface area contributed by atoms with Crippen molar-refractivity contribution >= 4 is 34.0 Å². The molecule has 66 valence electrons. The maximum absolute atomic E-state index is 3.86. The van der Waals surface area contributed by atoms with E-state index in [2.05, 4.69) is 44.2 Å². The number of hydrogen-bond acceptors (Lipinski definition) is 2. The van der Waals surface area contributed by atoms with Crippen LogP contribution in [0.1, 0.15) is 0 Å². The third-order valence-electron chi connectivity index (χ3n) is 1.65. The fraction of sp³-hybridized carbons (Fsp3) is 0. The molecule has 13 heavy (non-hydrogen) atoms. The van der Waals surface area contributed by atoms with E-state index in [1.165, 1.54) is 3.57 Å². The number of nitrogens with one attached hydrogen (secondary N) is 2. The highest BCUT2D eigenvalue weighted by atomic mass is 127. The number of aromatic nitrogens is 2. The number of nitrogens with zero attached hydrogens (tertiary/aromatic N) is 1. The molecule has 0 atom stereocenters. The maximum atomic E-state index is 3.86. The van der Waals surface area contributed by atoms with Crippen LogP contribution in [0, 0.1) is 3.57 Å². The predicted octanol–water partition coefficient (Wildman–Crippen LogP) is 2.76. The Morgan fingerprint density at radius 1 is 1.31 bits per heavy atom. The van der Waals surface area contributed by atoms with E-state index in [0.717, 1.165) is 11.4 Å². The zero-order valence-electron chi connectivity index (χ0n) is 6.79. The summed E-state index contributed by atoms with van der Waals surface area (Å²) in [6.07, 6.45) is 3.58. The molecule has 0 aliphatic rings. The standard InChI is InChI=1S/C9H8IN3/c10-8-3-1-2-4-9(8)13-7-5-11-12-6-7/h1-6,13H,(H,11,12). The van der Waals surface area contributed by atoms with Crippen molar-refractivity contribution in [2.24, 2.45) is 0 Å².